The molecule has 0 radical (unpaired) electrons. The summed E-state index contributed by atoms with van der Waals surface area (Å²) in [5.74, 6) is 0. The van der Waals surface area contributed by atoms with Gasteiger partial charge < -0.3 is 10.3 Å². The summed E-state index contributed by atoms with van der Waals surface area (Å²) in [4.78, 5) is 0. The molecule has 0 fully saturated rings. The Morgan fingerprint density at radius 3 is 1.08 bits per heavy atom. The molecule has 1 aromatic heterocycles. The van der Waals surface area contributed by atoms with Crippen LogP contribution in [-0.4, -0.2) is 4.57 Å². The summed E-state index contributed by atoms with van der Waals surface area (Å²) in [7, 11) is 0. The van der Waals surface area contributed by atoms with Gasteiger partial charge in [0.2, 0.25) is 0 Å². The molecular formula is C58H42N2. The van der Waals surface area contributed by atoms with Crippen molar-refractivity contribution in [3.8, 4) is 27.9 Å². The smallest absolute Gasteiger partial charge is 0.0541 e. The van der Waals surface area contributed by atoms with Gasteiger partial charge in [-0.25, -0.2) is 0 Å². The number of nitrogens with two attached hydrogens (primary N) is 1. The van der Waals surface area contributed by atoms with Gasteiger partial charge in [-0.1, -0.05) is 182 Å². The van der Waals surface area contributed by atoms with E-state index in [0.29, 0.717) is 0 Å². The topological polar surface area (TPSA) is 30.9 Å². The number of hydrogen-bond donors (Lipinski definition) is 1. The molecule has 0 saturated carbocycles. The second-order valence-corrected chi connectivity index (χ2v) is 15.2. The van der Waals surface area contributed by atoms with Crippen LogP contribution in [0.25, 0.3) is 73.0 Å². The van der Waals surface area contributed by atoms with Gasteiger partial charge in [0.15, 0.2) is 0 Å². The maximum absolute atomic E-state index is 6.16. The minimum absolute atomic E-state index is 0.749. The van der Waals surface area contributed by atoms with Crippen LogP contribution in [0.1, 0.15) is 33.4 Å². The summed E-state index contributed by atoms with van der Waals surface area (Å²) in [5.41, 5.74) is 24.5. The molecule has 0 aliphatic carbocycles. The van der Waals surface area contributed by atoms with Gasteiger partial charge >= 0.3 is 0 Å². The zero-order chi connectivity index (χ0) is 40.3. The van der Waals surface area contributed by atoms with E-state index < -0.39 is 0 Å². The van der Waals surface area contributed by atoms with Crippen LogP contribution in [0, 0.1) is 0 Å². The van der Waals surface area contributed by atoms with Crippen LogP contribution < -0.4 is 5.73 Å². The minimum atomic E-state index is 0.749. The first-order chi connectivity index (χ1) is 29.6. The number of fused-ring (bicyclic) bond motifs is 3. The maximum Gasteiger partial charge on any atom is 0.0541 e. The largest absolute Gasteiger partial charge is 0.399 e. The van der Waals surface area contributed by atoms with Gasteiger partial charge in [0.25, 0.3) is 0 Å². The van der Waals surface area contributed by atoms with Gasteiger partial charge in [0, 0.05) is 22.1 Å². The monoisotopic (exact) mass is 766 g/mol. The van der Waals surface area contributed by atoms with Crippen LogP contribution >= 0.6 is 0 Å². The van der Waals surface area contributed by atoms with Crippen LogP contribution in [0.4, 0.5) is 5.69 Å². The number of aromatic nitrogens is 1. The normalized spacial score (nSPS) is 11.9. The molecule has 2 heteroatoms. The van der Waals surface area contributed by atoms with Crippen LogP contribution in [0.3, 0.4) is 0 Å². The summed E-state index contributed by atoms with van der Waals surface area (Å²) in [6.07, 6.45) is 4.55. The summed E-state index contributed by atoms with van der Waals surface area (Å²) in [6, 6.07) is 82.2. The molecule has 10 rings (SSSR count). The van der Waals surface area contributed by atoms with Gasteiger partial charge in [-0.3, -0.25) is 0 Å². The van der Waals surface area contributed by atoms with Gasteiger partial charge in [-0.2, -0.15) is 0 Å². The molecule has 0 unspecified atom stereocenters. The van der Waals surface area contributed by atoms with E-state index in [1.807, 2.05) is 12.1 Å². The SMILES string of the molecule is Nc1ccc(-n2c3ccc(-c4ccc(/C(=C/c5ccccc5)c5ccccc5)cc4)cc3c3cc(-c4ccc(/C(=C/c5ccccc5)c5ccccc5)cc4)ccc32)cc1. The molecule has 0 saturated heterocycles. The first-order valence-electron chi connectivity index (χ1n) is 20.4. The van der Waals surface area contributed by atoms with Crippen LogP contribution in [0.5, 0.6) is 0 Å². The summed E-state index contributed by atoms with van der Waals surface area (Å²) in [6.45, 7) is 0. The van der Waals surface area contributed by atoms with Gasteiger partial charge in [-0.05, 0) is 127 Å². The van der Waals surface area contributed by atoms with Gasteiger partial charge in [0.1, 0.15) is 0 Å². The number of rotatable bonds is 9. The average Bonchev–Trinajstić information content (AvgIpc) is 3.64. The molecule has 0 spiro atoms. The zero-order valence-electron chi connectivity index (χ0n) is 33.1. The highest BCUT2D eigenvalue weighted by atomic mass is 15.0. The fraction of sp³-hybridized carbons (Fsp3) is 0. The highest BCUT2D eigenvalue weighted by molar-refractivity contribution is 6.11. The fourth-order valence-electron chi connectivity index (χ4n) is 8.30. The number of nitrogen functional groups attached to an aromatic ring is 1. The van der Waals surface area contributed by atoms with Crippen molar-refractivity contribution >= 4 is 50.8 Å². The molecule has 0 atom stereocenters. The lowest BCUT2D eigenvalue weighted by atomic mass is 9.93. The van der Waals surface area contributed by atoms with E-state index in [4.69, 9.17) is 5.73 Å². The van der Waals surface area contributed by atoms with Crippen molar-refractivity contribution in [1.82, 2.24) is 4.57 Å². The first kappa shape index (κ1) is 36.4. The first-order valence-corrected chi connectivity index (χ1v) is 20.4. The lowest BCUT2D eigenvalue weighted by Crippen LogP contribution is -1.94. The summed E-state index contributed by atoms with van der Waals surface area (Å²) >= 11 is 0. The Hall–Kier alpha value is -7.94. The molecular weight excluding hydrogens is 725 g/mol. The fourth-order valence-corrected chi connectivity index (χ4v) is 8.30. The van der Waals surface area contributed by atoms with Crippen LogP contribution in [0.2, 0.25) is 0 Å². The number of anilines is 1. The molecule has 2 nitrogen and oxygen atoms in total. The van der Waals surface area contributed by atoms with E-state index in [-0.39, 0.29) is 0 Å². The molecule has 60 heavy (non-hydrogen) atoms. The van der Waals surface area contributed by atoms with E-state index >= 15 is 0 Å². The second-order valence-electron chi connectivity index (χ2n) is 15.2. The van der Waals surface area contributed by atoms with Gasteiger partial charge in [0.05, 0.1) is 11.0 Å². The van der Waals surface area contributed by atoms with E-state index in [1.165, 1.54) is 77.6 Å². The third-order valence-electron chi connectivity index (χ3n) is 11.4. The molecule has 0 amide bonds. The second kappa shape index (κ2) is 16.1. The third kappa shape index (κ3) is 7.35. The number of benzene rings is 9. The minimum Gasteiger partial charge on any atom is -0.399 e. The number of hydrogen-bond acceptors (Lipinski definition) is 1. The predicted octanol–water partition coefficient (Wildman–Crippen LogP) is 14.9. The van der Waals surface area contributed by atoms with Crippen LogP contribution in [-0.2, 0) is 0 Å². The summed E-state index contributed by atoms with van der Waals surface area (Å²) in [5, 5.41) is 2.40. The third-order valence-corrected chi connectivity index (χ3v) is 11.4. The lowest BCUT2D eigenvalue weighted by molar-refractivity contribution is 1.18. The molecule has 0 aliphatic heterocycles. The average molecular weight is 767 g/mol. The molecule has 0 aliphatic rings. The molecule has 10 aromatic rings. The Labute approximate surface area is 351 Å². The molecule has 2 N–H and O–H groups in total. The Bertz CT molecular complexity index is 2930. The van der Waals surface area contributed by atoms with Crippen molar-refractivity contribution in [2.75, 3.05) is 5.73 Å². The van der Waals surface area contributed by atoms with E-state index in [1.54, 1.807) is 0 Å². The van der Waals surface area contributed by atoms with Crippen molar-refractivity contribution in [1.29, 1.82) is 0 Å². The molecule has 284 valence electrons. The van der Waals surface area contributed by atoms with Gasteiger partial charge in [-0.15, -0.1) is 0 Å². The maximum atomic E-state index is 6.16. The van der Waals surface area contributed by atoms with E-state index in [0.717, 1.165) is 22.4 Å². The van der Waals surface area contributed by atoms with Crippen molar-refractivity contribution in [2.24, 2.45) is 0 Å². The Kier molecular flexibility index (Phi) is 9.79. The van der Waals surface area contributed by atoms with E-state index in [2.05, 4.69) is 235 Å². The highest BCUT2D eigenvalue weighted by Crippen LogP contribution is 2.38. The standard InChI is InChI=1S/C58H42N2/c59-51-31-33-52(34-32-51)60-57-35-29-49(43-21-25-47(26-22-43)53(45-17-9-3-10-18-45)37-41-13-5-1-6-14-41)39-55(57)56-40-50(30-36-58(56)60)44-23-27-48(28-24-44)54(46-19-11-4-12-20-46)38-42-15-7-2-8-16-42/h1-40H,59H2/b53-37+,54-38+. The van der Waals surface area contributed by atoms with Crippen LogP contribution in [0.15, 0.2) is 231 Å². The quantitative estimate of drug-likeness (QED) is 0.115. The molecule has 9 aromatic carbocycles. The zero-order valence-corrected chi connectivity index (χ0v) is 33.1. The predicted molar refractivity (Wildman–Crippen MR) is 256 cm³/mol. The van der Waals surface area contributed by atoms with Crippen molar-refractivity contribution in [3.05, 3.63) is 264 Å². The molecule has 0 bridgehead atoms. The van der Waals surface area contributed by atoms with Crippen molar-refractivity contribution < 1.29 is 0 Å². The summed E-state index contributed by atoms with van der Waals surface area (Å²) < 4.78 is 2.35. The number of nitrogens with zero attached hydrogens (tertiary/aromatic N) is 1. The highest BCUT2D eigenvalue weighted by Gasteiger charge is 2.16. The van der Waals surface area contributed by atoms with Crippen molar-refractivity contribution in [2.45, 2.75) is 0 Å². The molecule has 1 heterocycles. The van der Waals surface area contributed by atoms with E-state index in [9.17, 15) is 0 Å². The Morgan fingerprint density at radius 1 is 0.333 bits per heavy atom. The lowest BCUT2D eigenvalue weighted by Gasteiger charge is -2.11. The Balaban J connectivity index is 1.05. The van der Waals surface area contributed by atoms with Crippen molar-refractivity contribution in [3.63, 3.8) is 0 Å². The Morgan fingerprint density at radius 2 is 0.683 bits per heavy atom.